The second-order valence-corrected chi connectivity index (χ2v) is 9.09. The van der Waals surface area contributed by atoms with Crippen LogP contribution in [0.15, 0.2) is 47.2 Å². The Balaban J connectivity index is 2.38. The maximum atomic E-state index is 4.39. The van der Waals surface area contributed by atoms with Crippen molar-refractivity contribution in [2.24, 2.45) is 5.92 Å². The normalized spacial score (nSPS) is 14.5. The van der Waals surface area contributed by atoms with E-state index in [2.05, 4.69) is 64.1 Å². The second-order valence-electron chi connectivity index (χ2n) is 9.09. The summed E-state index contributed by atoms with van der Waals surface area (Å²) in [6, 6.07) is 0. The molecule has 0 aromatic rings. The molecule has 0 aromatic heterocycles. The van der Waals surface area contributed by atoms with Gasteiger partial charge in [0, 0.05) is 18.8 Å². The molecule has 166 valence electrons. The maximum absolute atomic E-state index is 4.39. The van der Waals surface area contributed by atoms with Gasteiger partial charge in [-0.2, -0.15) is 0 Å². The van der Waals surface area contributed by atoms with Crippen LogP contribution in [0.25, 0.3) is 0 Å². The van der Waals surface area contributed by atoms with E-state index in [1.165, 1.54) is 62.8 Å². The van der Waals surface area contributed by atoms with E-state index in [0.717, 1.165) is 38.0 Å². The van der Waals surface area contributed by atoms with Crippen molar-refractivity contribution in [1.82, 2.24) is 10.2 Å². The van der Waals surface area contributed by atoms with E-state index >= 15 is 0 Å². The zero-order valence-electron chi connectivity index (χ0n) is 20.2. The first kappa shape index (κ1) is 25.8. The Morgan fingerprint density at radius 3 is 2.31 bits per heavy atom. The number of nitrogens with zero attached hydrogens (tertiary/aromatic N) is 1. The summed E-state index contributed by atoms with van der Waals surface area (Å²) in [5, 5.41) is 3.56. The minimum atomic E-state index is 0.640. The lowest BCUT2D eigenvalue weighted by atomic mass is 9.82. The van der Waals surface area contributed by atoms with Crippen molar-refractivity contribution in [1.29, 1.82) is 0 Å². The fraction of sp³-hybridized carbons (Fsp3) is 0.704. The monoisotopic (exact) mass is 400 g/mol. The Morgan fingerprint density at radius 1 is 1.07 bits per heavy atom. The Hall–Kier alpha value is -1.28. The zero-order valence-corrected chi connectivity index (χ0v) is 20.2. The van der Waals surface area contributed by atoms with E-state index in [-0.39, 0.29) is 0 Å². The van der Waals surface area contributed by atoms with E-state index < -0.39 is 0 Å². The molecule has 29 heavy (non-hydrogen) atoms. The summed E-state index contributed by atoms with van der Waals surface area (Å²) < 4.78 is 0. The lowest BCUT2D eigenvalue weighted by molar-refractivity contribution is 0.267. The van der Waals surface area contributed by atoms with Crippen LogP contribution >= 0.6 is 0 Å². The highest BCUT2D eigenvalue weighted by Crippen LogP contribution is 2.34. The van der Waals surface area contributed by atoms with Crippen LogP contribution in [0.4, 0.5) is 0 Å². The fourth-order valence-corrected chi connectivity index (χ4v) is 4.11. The van der Waals surface area contributed by atoms with Crippen LogP contribution in [-0.2, 0) is 0 Å². The second kappa shape index (κ2) is 14.7. The summed E-state index contributed by atoms with van der Waals surface area (Å²) in [6.45, 7) is 24.7. The van der Waals surface area contributed by atoms with Gasteiger partial charge in [0.2, 0.25) is 0 Å². The maximum Gasteiger partial charge on any atom is 0.0271 e. The lowest BCUT2D eigenvalue weighted by Crippen LogP contribution is -2.33. The number of unbranched alkanes of at least 4 members (excludes halogenated alkanes) is 2. The molecule has 0 unspecified atom stereocenters. The van der Waals surface area contributed by atoms with Crippen LogP contribution < -0.4 is 5.32 Å². The lowest BCUT2D eigenvalue weighted by Gasteiger charge is -2.24. The first-order valence-corrected chi connectivity index (χ1v) is 12.1. The van der Waals surface area contributed by atoms with Crippen LogP contribution in [0, 0.1) is 5.92 Å². The van der Waals surface area contributed by atoms with Crippen LogP contribution in [0.3, 0.4) is 0 Å². The molecule has 0 fully saturated rings. The van der Waals surface area contributed by atoms with Gasteiger partial charge in [-0.25, -0.2) is 0 Å². The largest absolute Gasteiger partial charge is 0.388 e. The predicted molar refractivity (Wildman–Crippen MR) is 131 cm³/mol. The van der Waals surface area contributed by atoms with Crippen LogP contribution in [0.1, 0.15) is 92.4 Å². The Kier molecular flexibility index (Phi) is 13.0. The summed E-state index contributed by atoms with van der Waals surface area (Å²) >= 11 is 0. The molecule has 1 N–H and O–H groups in total. The molecule has 0 radical (unpaired) electrons. The smallest absolute Gasteiger partial charge is 0.0271 e. The van der Waals surface area contributed by atoms with E-state index in [9.17, 15) is 0 Å². The quantitative estimate of drug-likeness (QED) is 0.271. The van der Waals surface area contributed by atoms with Crippen LogP contribution in [0.5, 0.6) is 0 Å². The molecule has 0 saturated carbocycles. The number of allylic oxidation sites excluding steroid dienone is 6. The van der Waals surface area contributed by atoms with Gasteiger partial charge in [-0.15, -0.1) is 0 Å². The molecule has 1 aliphatic carbocycles. The molecule has 0 spiro atoms. The number of rotatable bonds is 16. The Morgan fingerprint density at radius 2 is 1.72 bits per heavy atom. The number of hydrogen-bond acceptors (Lipinski definition) is 2. The average Bonchev–Trinajstić information content (AvgIpc) is 2.69. The van der Waals surface area contributed by atoms with E-state index in [4.69, 9.17) is 0 Å². The van der Waals surface area contributed by atoms with Crippen molar-refractivity contribution >= 4 is 0 Å². The van der Waals surface area contributed by atoms with E-state index in [1.54, 1.807) is 11.1 Å². The highest BCUT2D eigenvalue weighted by Gasteiger charge is 2.16. The van der Waals surface area contributed by atoms with E-state index in [1.807, 2.05) is 0 Å². The third-order valence-electron chi connectivity index (χ3n) is 6.09. The molecule has 0 aliphatic heterocycles. The third-order valence-corrected chi connectivity index (χ3v) is 6.09. The summed E-state index contributed by atoms with van der Waals surface area (Å²) in [7, 11) is 0. The van der Waals surface area contributed by atoms with Crippen molar-refractivity contribution < 1.29 is 0 Å². The summed E-state index contributed by atoms with van der Waals surface area (Å²) in [4.78, 5) is 2.60. The topological polar surface area (TPSA) is 15.3 Å². The third kappa shape index (κ3) is 10.3. The van der Waals surface area contributed by atoms with Gasteiger partial charge in [-0.3, -0.25) is 0 Å². The molecule has 0 atom stereocenters. The molecular weight excluding hydrogens is 352 g/mol. The van der Waals surface area contributed by atoms with Crippen molar-refractivity contribution in [2.75, 3.05) is 26.2 Å². The molecule has 0 heterocycles. The van der Waals surface area contributed by atoms with Gasteiger partial charge < -0.3 is 10.2 Å². The number of nitrogens with one attached hydrogen (secondary N) is 1. The molecule has 2 nitrogen and oxygen atoms in total. The van der Waals surface area contributed by atoms with Crippen LogP contribution in [0.2, 0.25) is 0 Å². The molecule has 1 rings (SSSR count). The molecule has 0 aromatic carbocycles. The SMILES string of the molecule is C=C(CCC(=C)NCCN(CCCC)CCCC)CC1=C(C(C)C)CCC=C1C. The van der Waals surface area contributed by atoms with Gasteiger partial charge in [0.15, 0.2) is 0 Å². The van der Waals surface area contributed by atoms with Crippen molar-refractivity contribution in [3.8, 4) is 0 Å². The van der Waals surface area contributed by atoms with Crippen molar-refractivity contribution in [3.63, 3.8) is 0 Å². The highest BCUT2D eigenvalue weighted by atomic mass is 15.1. The molecule has 1 aliphatic rings. The first-order chi connectivity index (χ1) is 13.9. The molecule has 0 bridgehead atoms. The van der Waals surface area contributed by atoms with Gasteiger partial charge in [-0.1, -0.05) is 76.5 Å². The summed E-state index contributed by atoms with van der Waals surface area (Å²) in [5.41, 5.74) is 7.16. The van der Waals surface area contributed by atoms with E-state index in [0.29, 0.717) is 5.92 Å². The van der Waals surface area contributed by atoms with Crippen molar-refractivity contribution in [3.05, 3.63) is 47.2 Å². The molecule has 0 saturated heterocycles. The van der Waals surface area contributed by atoms with Gasteiger partial charge in [0.05, 0.1) is 0 Å². The van der Waals surface area contributed by atoms with Gasteiger partial charge in [0.25, 0.3) is 0 Å². The minimum absolute atomic E-state index is 0.640. The van der Waals surface area contributed by atoms with Gasteiger partial charge in [-0.05, 0) is 76.5 Å². The van der Waals surface area contributed by atoms with Gasteiger partial charge >= 0.3 is 0 Å². The van der Waals surface area contributed by atoms with Gasteiger partial charge in [0.1, 0.15) is 0 Å². The first-order valence-electron chi connectivity index (χ1n) is 12.1. The molecular formula is C27H48N2. The summed E-state index contributed by atoms with van der Waals surface area (Å²) in [6.07, 6.45) is 13.0. The Labute approximate surface area is 182 Å². The standard InChI is InChI=1S/C27H48N2/c1-8-10-18-29(19-11-9-2)20-17-28-25(7)16-15-23(5)21-27-24(6)13-12-14-26(27)22(3)4/h13,22,28H,5,7-12,14-21H2,1-4,6H3. The minimum Gasteiger partial charge on any atom is -0.388 e. The average molecular weight is 401 g/mol. The fourth-order valence-electron chi connectivity index (χ4n) is 4.11. The molecule has 0 amide bonds. The highest BCUT2D eigenvalue weighted by molar-refractivity contribution is 5.40. The summed E-state index contributed by atoms with van der Waals surface area (Å²) in [5.74, 6) is 0.640. The predicted octanol–water partition coefficient (Wildman–Crippen LogP) is 7.41. The van der Waals surface area contributed by atoms with Crippen molar-refractivity contribution in [2.45, 2.75) is 92.4 Å². The Bertz CT molecular complexity index is 557. The van der Waals surface area contributed by atoms with Crippen LogP contribution in [-0.4, -0.2) is 31.1 Å². The zero-order chi connectivity index (χ0) is 21.6. The number of hydrogen-bond donors (Lipinski definition) is 1. The molecule has 2 heteroatoms.